The maximum atomic E-state index is 11.9. The van der Waals surface area contributed by atoms with Crippen LogP contribution in [-0.4, -0.2) is 43.1 Å². The number of hydrogen-bond donors (Lipinski definition) is 1. The molecule has 0 aliphatic heterocycles. The van der Waals surface area contributed by atoms with Gasteiger partial charge in [-0.2, -0.15) is 0 Å². The minimum absolute atomic E-state index is 0. The van der Waals surface area contributed by atoms with E-state index in [0.29, 0.717) is 19.4 Å². The summed E-state index contributed by atoms with van der Waals surface area (Å²) in [6.45, 7) is -4.26. The van der Waals surface area contributed by atoms with Crippen molar-refractivity contribution in [1.82, 2.24) is 4.90 Å². The zero-order valence-electron chi connectivity index (χ0n) is 8.59. The summed E-state index contributed by atoms with van der Waals surface area (Å²) in [6, 6.07) is 0. The van der Waals surface area contributed by atoms with Crippen molar-refractivity contribution < 1.29 is 69.4 Å². The van der Waals surface area contributed by atoms with E-state index in [1.165, 1.54) is 11.9 Å². The summed E-state index contributed by atoms with van der Waals surface area (Å²) in [6.07, 6.45) is 0.214. The topological polar surface area (TPSA) is 23.5 Å². The number of aliphatic hydroxyl groups is 1. The standard InChI is InChI=1S/C7H14BF3NO.K/c1-12(5-8(9,10)11)4-6-2-7(13)3-6;/h6-7,13H,2-5H2,1H3;/q-1;+1. The summed E-state index contributed by atoms with van der Waals surface area (Å²) in [5.41, 5.74) is 0. The molecule has 1 rings (SSSR count). The van der Waals surface area contributed by atoms with Crippen LogP contribution in [0.3, 0.4) is 0 Å². The molecule has 1 saturated carbocycles. The third-order valence-electron chi connectivity index (χ3n) is 2.30. The van der Waals surface area contributed by atoms with Crippen molar-refractivity contribution in [3.8, 4) is 0 Å². The minimum Gasteiger partial charge on any atom is -0.448 e. The van der Waals surface area contributed by atoms with Crippen LogP contribution in [0.1, 0.15) is 12.8 Å². The van der Waals surface area contributed by atoms with Crippen LogP contribution in [-0.2, 0) is 0 Å². The van der Waals surface area contributed by atoms with Crippen molar-refractivity contribution in [2.45, 2.75) is 18.9 Å². The molecule has 0 atom stereocenters. The van der Waals surface area contributed by atoms with E-state index in [1.54, 1.807) is 0 Å². The first-order valence-corrected chi connectivity index (χ1v) is 4.44. The number of aliphatic hydroxyl groups excluding tert-OH is 1. The molecule has 0 aromatic heterocycles. The quantitative estimate of drug-likeness (QED) is 0.574. The SMILES string of the molecule is CN(CC1CC(O)C1)C[B-](F)(F)F.[K+]. The molecule has 1 N–H and O–H groups in total. The van der Waals surface area contributed by atoms with E-state index in [4.69, 9.17) is 5.11 Å². The summed E-state index contributed by atoms with van der Waals surface area (Å²) >= 11 is 0. The Morgan fingerprint density at radius 3 is 2.21 bits per heavy atom. The van der Waals surface area contributed by atoms with E-state index in [2.05, 4.69) is 0 Å². The van der Waals surface area contributed by atoms with Gasteiger partial charge in [-0.25, -0.2) is 0 Å². The van der Waals surface area contributed by atoms with Gasteiger partial charge in [0.2, 0.25) is 0 Å². The van der Waals surface area contributed by atoms with Crippen LogP contribution in [0.15, 0.2) is 0 Å². The van der Waals surface area contributed by atoms with Gasteiger partial charge in [0, 0.05) is 0 Å². The Bertz CT molecular complexity index is 175. The zero-order chi connectivity index (χ0) is 10.1. The van der Waals surface area contributed by atoms with Crippen LogP contribution >= 0.6 is 0 Å². The predicted molar refractivity (Wildman–Crippen MR) is 45.3 cm³/mol. The maximum Gasteiger partial charge on any atom is 1.00 e. The van der Waals surface area contributed by atoms with Gasteiger partial charge in [0.05, 0.1) is 6.10 Å². The molecule has 14 heavy (non-hydrogen) atoms. The summed E-state index contributed by atoms with van der Waals surface area (Å²) < 4.78 is 35.8. The predicted octanol–water partition coefficient (Wildman–Crippen LogP) is -1.92. The van der Waals surface area contributed by atoms with Crippen molar-refractivity contribution in [1.29, 1.82) is 0 Å². The molecule has 0 bridgehead atoms. The largest absolute Gasteiger partial charge is 1.00 e. The number of nitrogens with zero attached hydrogens (tertiary/aromatic N) is 1. The molecular weight excluding hydrogens is 221 g/mol. The van der Waals surface area contributed by atoms with E-state index in [9.17, 15) is 12.9 Å². The number of halogens is 3. The molecule has 0 heterocycles. The van der Waals surface area contributed by atoms with Gasteiger partial charge in [0.25, 0.3) is 0 Å². The molecule has 0 aromatic carbocycles. The van der Waals surface area contributed by atoms with E-state index >= 15 is 0 Å². The summed E-state index contributed by atoms with van der Waals surface area (Å²) in [5, 5.41) is 8.93. The number of rotatable bonds is 4. The molecule has 1 fully saturated rings. The second kappa shape index (κ2) is 6.22. The first-order valence-electron chi connectivity index (χ1n) is 4.44. The summed E-state index contributed by atoms with van der Waals surface area (Å²) in [7, 11) is 1.47. The monoisotopic (exact) mass is 235 g/mol. The first-order chi connectivity index (χ1) is 5.87. The average molecular weight is 235 g/mol. The Morgan fingerprint density at radius 1 is 1.36 bits per heavy atom. The molecule has 0 aromatic rings. The van der Waals surface area contributed by atoms with Crippen molar-refractivity contribution in [2.24, 2.45) is 5.92 Å². The Kier molecular flexibility index (Phi) is 6.85. The Morgan fingerprint density at radius 2 is 1.86 bits per heavy atom. The molecule has 2 nitrogen and oxygen atoms in total. The first kappa shape index (κ1) is 15.4. The van der Waals surface area contributed by atoms with Gasteiger partial charge < -0.3 is 23.0 Å². The number of hydrogen-bond acceptors (Lipinski definition) is 2. The molecule has 0 amide bonds. The van der Waals surface area contributed by atoms with Crippen molar-refractivity contribution in [3.63, 3.8) is 0 Å². The third-order valence-corrected chi connectivity index (χ3v) is 2.30. The molecule has 1 aliphatic rings. The van der Waals surface area contributed by atoms with Gasteiger partial charge in [-0.3, -0.25) is 0 Å². The molecule has 0 unspecified atom stereocenters. The average Bonchev–Trinajstić information content (AvgIpc) is 1.79. The van der Waals surface area contributed by atoms with Crippen LogP contribution in [0.4, 0.5) is 12.9 Å². The third kappa shape index (κ3) is 6.09. The van der Waals surface area contributed by atoms with Crippen molar-refractivity contribution in [3.05, 3.63) is 0 Å². The fourth-order valence-electron chi connectivity index (χ4n) is 1.72. The molecule has 7 heteroatoms. The van der Waals surface area contributed by atoms with Gasteiger partial charge in [0.15, 0.2) is 0 Å². The van der Waals surface area contributed by atoms with E-state index in [0.717, 1.165) is 0 Å². The Balaban J connectivity index is 0.00000169. The fraction of sp³-hybridized carbons (Fsp3) is 1.00. The van der Waals surface area contributed by atoms with Gasteiger partial charge in [0.1, 0.15) is 0 Å². The molecule has 0 saturated heterocycles. The summed E-state index contributed by atoms with van der Waals surface area (Å²) in [5.74, 6) is 0.248. The second-order valence-electron chi connectivity index (χ2n) is 3.92. The Hall–Kier alpha value is 1.41. The molecule has 0 spiro atoms. The Labute approximate surface area is 125 Å². The van der Waals surface area contributed by atoms with Gasteiger partial charge in [-0.05, 0) is 38.8 Å². The van der Waals surface area contributed by atoms with Gasteiger partial charge >= 0.3 is 58.4 Å². The van der Waals surface area contributed by atoms with Crippen molar-refractivity contribution in [2.75, 3.05) is 20.0 Å². The molecule has 78 valence electrons. The van der Waals surface area contributed by atoms with E-state index < -0.39 is 13.4 Å². The molecule has 1 aliphatic carbocycles. The van der Waals surface area contributed by atoms with Crippen LogP contribution in [0.2, 0.25) is 0 Å². The summed E-state index contributed by atoms with van der Waals surface area (Å²) in [4.78, 5) is 1.29. The fourth-order valence-corrected chi connectivity index (χ4v) is 1.72. The second-order valence-corrected chi connectivity index (χ2v) is 3.92. The maximum absolute atomic E-state index is 11.9. The van der Waals surface area contributed by atoms with E-state index in [1.807, 2.05) is 0 Å². The van der Waals surface area contributed by atoms with Gasteiger partial charge in [-0.15, -0.1) is 0 Å². The van der Waals surface area contributed by atoms with Crippen LogP contribution in [0, 0.1) is 5.92 Å². The smallest absolute Gasteiger partial charge is 0.448 e. The van der Waals surface area contributed by atoms with Crippen LogP contribution < -0.4 is 51.4 Å². The minimum atomic E-state index is -4.71. The zero-order valence-corrected chi connectivity index (χ0v) is 11.7. The van der Waals surface area contributed by atoms with E-state index in [-0.39, 0.29) is 63.4 Å². The molecular formula is C7H14BF3KNO. The van der Waals surface area contributed by atoms with Gasteiger partial charge in [-0.1, -0.05) is 0 Å². The van der Waals surface area contributed by atoms with Crippen molar-refractivity contribution >= 4 is 6.98 Å². The van der Waals surface area contributed by atoms with Crippen LogP contribution in [0.25, 0.3) is 0 Å². The van der Waals surface area contributed by atoms with Crippen LogP contribution in [0.5, 0.6) is 0 Å². The normalized spacial score (nSPS) is 27.0. The molecule has 0 radical (unpaired) electrons.